The molecule has 2 saturated heterocycles. The van der Waals surface area contributed by atoms with Crippen LogP contribution >= 0.6 is 11.3 Å². The van der Waals surface area contributed by atoms with E-state index in [1.807, 2.05) is 43.7 Å². The number of carbonyl (C=O) groups excluding carboxylic acids is 2. The maximum absolute atomic E-state index is 13.5. The van der Waals surface area contributed by atoms with Gasteiger partial charge in [-0.25, -0.2) is 9.69 Å². The van der Waals surface area contributed by atoms with Gasteiger partial charge in [0.15, 0.2) is 0 Å². The molecule has 2 aliphatic heterocycles. The first kappa shape index (κ1) is 16.5. The smallest absolute Gasteiger partial charge is 0.330 e. The molecule has 0 saturated carbocycles. The average Bonchev–Trinajstić information content (AvgIpc) is 3.38. The Morgan fingerprint density at radius 1 is 1.15 bits per heavy atom. The topological polar surface area (TPSA) is 57.6 Å². The Morgan fingerprint density at radius 3 is 2.74 bits per heavy atom. The van der Waals surface area contributed by atoms with Crippen LogP contribution in [0.15, 0.2) is 48.0 Å². The Bertz CT molecular complexity index is 1060. The van der Waals surface area contributed by atoms with E-state index < -0.39 is 5.54 Å². The van der Waals surface area contributed by atoms with Gasteiger partial charge in [0.2, 0.25) is 0 Å². The van der Waals surface area contributed by atoms with E-state index in [9.17, 15) is 9.59 Å². The third-order valence-electron chi connectivity index (χ3n) is 5.76. The third kappa shape index (κ3) is 2.22. The van der Waals surface area contributed by atoms with E-state index in [2.05, 4.69) is 33.1 Å². The third-order valence-corrected chi connectivity index (χ3v) is 6.61. The van der Waals surface area contributed by atoms with Crippen molar-refractivity contribution in [3.05, 3.63) is 53.5 Å². The van der Waals surface area contributed by atoms with E-state index in [1.165, 1.54) is 16.2 Å². The Hall–Kier alpha value is -2.64. The Morgan fingerprint density at radius 2 is 1.96 bits per heavy atom. The summed E-state index contributed by atoms with van der Waals surface area (Å²) in [5.41, 5.74) is 1.31. The summed E-state index contributed by atoms with van der Waals surface area (Å²) in [7, 11) is 4.02. The van der Waals surface area contributed by atoms with E-state index >= 15 is 0 Å². The van der Waals surface area contributed by atoms with Gasteiger partial charge in [-0.15, -0.1) is 11.3 Å². The van der Waals surface area contributed by atoms with Crippen molar-refractivity contribution in [3.63, 3.8) is 0 Å². The summed E-state index contributed by atoms with van der Waals surface area (Å²) >= 11 is 1.40. The normalized spacial score (nSPS) is 25.9. The van der Waals surface area contributed by atoms with Gasteiger partial charge in [0, 0.05) is 43.2 Å². The number of nitrogens with zero attached hydrogens (tertiary/aromatic N) is 3. The maximum Gasteiger partial charge on any atom is 0.330 e. The van der Waals surface area contributed by atoms with Crippen molar-refractivity contribution in [2.45, 2.75) is 11.5 Å². The van der Waals surface area contributed by atoms with E-state index in [1.54, 1.807) is 0 Å². The number of aromatic nitrogens is 1. The van der Waals surface area contributed by atoms with Crippen LogP contribution in [0.25, 0.3) is 10.9 Å². The zero-order chi connectivity index (χ0) is 18.8. The number of urea groups is 1. The number of para-hydroxylation sites is 1. The summed E-state index contributed by atoms with van der Waals surface area (Å²) in [5.74, 6) is -0.257. The van der Waals surface area contributed by atoms with Gasteiger partial charge in [-0.2, -0.15) is 0 Å². The minimum atomic E-state index is -0.931. The number of thiophene rings is 1. The summed E-state index contributed by atoms with van der Waals surface area (Å²) in [6, 6.07) is 11.5. The fraction of sp³-hybridized carbons (Fsp3) is 0.300. The van der Waals surface area contributed by atoms with E-state index in [0.717, 1.165) is 23.0 Å². The number of aryl methyl sites for hydroxylation is 1. The van der Waals surface area contributed by atoms with Crippen molar-refractivity contribution in [3.8, 4) is 0 Å². The number of imide groups is 1. The molecule has 0 bridgehead atoms. The molecule has 4 heterocycles. The van der Waals surface area contributed by atoms with Gasteiger partial charge in [-0.3, -0.25) is 4.79 Å². The number of hydrogen-bond acceptors (Lipinski definition) is 4. The predicted molar refractivity (Wildman–Crippen MR) is 106 cm³/mol. The number of carbonyl (C=O) groups is 2. The van der Waals surface area contributed by atoms with Crippen LogP contribution in [0, 0.1) is 0 Å². The zero-order valence-electron chi connectivity index (χ0n) is 15.2. The molecule has 138 valence electrons. The fourth-order valence-corrected chi connectivity index (χ4v) is 5.34. The van der Waals surface area contributed by atoms with E-state index in [-0.39, 0.29) is 17.9 Å². The van der Waals surface area contributed by atoms with Gasteiger partial charge in [-0.1, -0.05) is 18.2 Å². The summed E-state index contributed by atoms with van der Waals surface area (Å²) in [6.07, 6.45) is 2.10. The predicted octanol–water partition coefficient (Wildman–Crippen LogP) is 2.76. The summed E-state index contributed by atoms with van der Waals surface area (Å²) in [6.45, 7) is 1.23. The quantitative estimate of drug-likeness (QED) is 0.696. The molecule has 3 amide bonds. The Labute approximate surface area is 161 Å². The molecular formula is C20H20N4O2S. The minimum Gasteiger partial charge on any atom is -0.350 e. The molecule has 2 fully saturated rings. The number of anilines is 1. The molecule has 0 aliphatic carbocycles. The second kappa shape index (κ2) is 5.68. The fourth-order valence-electron chi connectivity index (χ4n) is 4.62. The van der Waals surface area contributed by atoms with Gasteiger partial charge in [0.25, 0.3) is 5.91 Å². The first-order valence-corrected chi connectivity index (χ1v) is 9.82. The van der Waals surface area contributed by atoms with Crippen LogP contribution in [0.5, 0.6) is 0 Å². The van der Waals surface area contributed by atoms with Crippen molar-refractivity contribution in [1.29, 1.82) is 0 Å². The molecule has 3 aromatic rings. The molecule has 1 spiro atoms. The Kier molecular flexibility index (Phi) is 3.47. The van der Waals surface area contributed by atoms with Gasteiger partial charge in [-0.05, 0) is 36.2 Å². The van der Waals surface area contributed by atoms with Crippen LogP contribution in [0.2, 0.25) is 0 Å². The molecule has 1 N–H and O–H groups in total. The number of likely N-dealkylation sites (tertiary alicyclic amines) is 1. The molecule has 1 aromatic carbocycles. The van der Waals surface area contributed by atoms with Gasteiger partial charge in [0.05, 0.1) is 0 Å². The Balaban J connectivity index is 1.65. The lowest BCUT2D eigenvalue weighted by Gasteiger charge is -2.27. The van der Waals surface area contributed by atoms with Crippen molar-refractivity contribution in [1.82, 2.24) is 14.8 Å². The van der Waals surface area contributed by atoms with E-state index in [4.69, 9.17) is 0 Å². The molecule has 0 radical (unpaired) electrons. The monoisotopic (exact) mass is 380 g/mol. The first-order valence-electron chi connectivity index (χ1n) is 8.94. The highest BCUT2D eigenvalue weighted by molar-refractivity contribution is 7.14. The molecule has 2 aliphatic rings. The lowest BCUT2D eigenvalue weighted by atomic mass is 9.81. The lowest BCUT2D eigenvalue weighted by molar-refractivity contribution is -0.122. The standard InChI is InChI=1S/C20H20N4O2S/c1-22-11-15(14-10-23(2)16-7-4-3-6-13(14)16)20(12-22)18(25)24(19(26)21-20)17-8-5-9-27-17/h3-10,15H,11-12H2,1-2H3,(H,21,26)/t15-,20+/m1/s1. The molecular weight excluding hydrogens is 360 g/mol. The highest BCUT2D eigenvalue weighted by Gasteiger charge is 2.60. The summed E-state index contributed by atoms with van der Waals surface area (Å²) in [5, 5.41) is 6.75. The maximum atomic E-state index is 13.5. The number of hydrogen-bond donors (Lipinski definition) is 1. The summed E-state index contributed by atoms with van der Waals surface area (Å²) < 4.78 is 2.09. The molecule has 7 heteroatoms. The van der Waals surface area contributed by atoms with Crippen molar-refractivity contribution < 1.29 is 9.59 Å². The van der Waals surface area contributed by atoms with Crippen LogP contribution in [0.3, 0.4) is 0 Å². The second-order valence-corrected chi connectivity index (χ2v) is 8.38. The van der Waals surface area contributed by atoms with Crippen LogP contribution in [0.1, 0.15) is 11.5 Å². The summed E-state index contributed by atoms with van der Waals surface area (Å²) in [4.78, 5) is 29.7. The average molecular weight is 380 g/mol. The van der Waals surface area contributed by atoms with Gasteiger partial charge >= 0.3 is 6.03 Å². The molecule has 2 atom stereocenters. The van der Waals surface area contributed by atoms with Crippen LogP contribution in [0.4, 0.5) is 9.80 Å². The molecule has 2 aromatic heterocycles. The molecule has 0 unspecified atom stereocenters. The lowest BCUT2D eigenvalue weighted by Crippen LogP contribution is -2.52. The minimum absolute atomic E-state index is 0.102. The van der Waals surface area contributed by atoms with Crippen molar-refractivity contribution in [2.24, 2.45) is 7.05 Å². The molecule has 5 rings (SSSR count). The molecule has 6 nitrogen and oxygen atoms in total. The van der Waals surface area contributed by atoms with Gasteiger partial charge < -0.3 is 14.8 Å². The number of rotatable bonds is 2. The zero-order valence-corrected chi connectivity index (χ0v) is 16.0. The highest BCUT2D eigenvalue weighted by atomic mass is 32.1. The number of fused-ring (bicyclic) bond motifs is 1. The van der Waals surface area contributed by atoms with Crippen LogP contribution in [-0.4, -0.2) is 47.1 Å². The SMILES string of the molecule is CN1C[C@H](c2cn(C)c3ccccc23)[C@]2(C1)NC(=O)N(c1cccs1)C2=O. The van der Waals surface area contributed by atoms with Crippen molar-refractivity contribution in [2.75, 3.05) is 25.0 Å². The first-order chi connectivity index (χ1) is 13.0. The number of benzene rings is 1. The van der Waals surface area contributed by atoms with Crippen LogP contribution < -0.4 is 10.2 Å². The van der Waals surface area contributed by atoms with Crippen LogP contribution in [-0.2, 0) is 11.8 Å². The number of nitrogens with one attached hydrogen (secondary N) is 1. The molecule has 27 heavy (non-hydrogen) atoms. The van der Waals surface area contributed by atoms with Gasteiger partial charge in [0.1, 0.15) is 10.5 Å². The van der Waals surface area contributed by atoms with E-state index in [0.29, 0.717) is 11.5 Å². The number of amides is 3. The largest absolute Gasteiger partial charge is 0.350 e. The van der Waals surface area contributed by atoms with Crippen molar-refractivity contribution >= 4 is 39.2 Å². The number of likely N-dealkylation sites (N-methyl/N-ethyl adjacent to an activating group) is 1. The highest BCUT2D eigenvalue weighted by Crippen LogP contribution is 2.44. The second-order valence-electron chi connectivity index (χ2n) is 7.46.